The van der Waals surface area contributed by atoms with Gasteiger partial charge in [0.05, 0.1) is 0 Å². The Morgan fingerprint density at radius 3 is 2.80 bits per heavy atom. The van der Waals surface area contributed by atoms with Gasteiger partial charge in [-0.2, -0.15) is 0 Å². The molecule has 20 heavy (non-hydrogen) atoms. The summed E-state index contributed by atoms with van der Waals surface area (Å²) in [7, 11) is 0. The standard InChI is InChI=1S/C18H30N2/c1-16(2)8-6-12-20-13-7-11-19-18(15-20)14-17-9-4-3-5-10-17/h3-5,9-10,16,18-19H,6-8,11-15H2,1-2H3. The van der Waals surface area contributed by atoms with Crippen LogP contribution in [-0.4, -0.2) is 37.1 Å². The van der Waals surface area contributed by atoms with E-state index < -0.39 is 0 Å². The molecule has 0 saturated carbocycles. The van der Waals surface area contributed by atoms with E-state index in [9.17, 15) is 0 Å². The SMILES string of the molecule is CC(C)CCCN1CCCNC(Cc2ccccc2)C1. The molecule has 2 nitrogen and oxygen atoms in total. The fourth-order valence-corrected chi connectivity index (χ4v) is 3.04. The van der Waals surface area contributed by atoms with Gasteiger partial charge in [0.2, 0.25) is 0 Å². The molecule has 0 aliphatic carbocycles. The van der Waals surface area contributed by atoms with Crippen LogP contribution in [0.2, 0.25) is 0 Å². The smallest absolute Gasteiger partial charge is 0.0235 e. The molecule has 2 rings (SSSR count). The van der Waals surface area contributed by atoms with E-state index in [0.29, 0.717) is 6.04 Å². The summed E-state index contributed by atoms with van der Waals surface area (Å²) in [5.74, 6) is 0.834. The van der Waals surface area contributed by atoms with Crippen LogP contribution in [0.5, 0.6) is 0 Å². The highest BCUT2D eigenvalue weighted by Crippen LogP contribution is 2.10. The van der Waals surface area contributed by atoms with Crippen LogP contribution in [-0.2, 0) is 6.42 Å². The quantitative estimate of drug-likeness (QED) is 0.856. The largest absolute Gasteiger partial charge is 0.312 e. The Labute approximate surface area is 124 Å². The predicted molar refractivity (Wildman–Crippen MR) is 87.1 cm³/mol. The molecule has 1 atom stereocenters. The Balaban J connectivity index is 1.80. The molecule has 1 aliphatic rings. The maximum Gasteiger partial charge on any atom is 0.0235 e. The van der Waals surface area contributed by atoms with Gasteiger partial charge in [-0.15, -0.1) is 0 Å². The molecular weight excluding hydrogens is 244 g/mol. The van der Waals surface area contributed by atoms with Crippen molar-refractivity contribution in [3.63, 3.8) is 0 Å². The highest BCUT2D eigenvalue weighted by Gasteiger charge is 2.17. The van der Waals surface area contributed by atoms with Crippen molar-refractivity contribution in [2.24, 2.45) is 5.92 Å². The van der Waals surface area contributed by atoms with Crippen LogP contribution in [0.15, 0.2) is 30.3 Å². The molecular formula is C18H30N2. The topological polar surface area (TPSA) is 15.3 Å². The van der Waals surface area contributed by atoms with Gasteiger partial charge in [-0.3, -0.25) is 0 Å². The summed E-state index contributed by atoms with van der Waals surface area (Å²) >= 11 is 0. The molecule has 0 amide bonds. The molecule has 1 N–H and O–H groups in total. The number of hydrogen-bond donors (Lipinski definition) is 1. The van der Waals surface area contributed by atoms with Crippen LogP contribution in [0, 0.1) is 5.92 Å². The van der Waals surface area contributed by atoms with Crippen molar-refractivity contribution in [1.82, 2.24) is 10.2 Å². The second kappa shape index (κ2) is 8.43. The Bertz CT molecular complexity index is 361. The Morgan fingerprint density at radius 1 is 1.25 bits per heavy atom. The maximum atomic E-state index is 3.72. The van der Waals surface area contributed by atoms with Crippen LogP contribution in [0.1, 0.15) is 38.7 Å². The van der Waals surface area contributed by atoms with Crippen LogP contribution < -0.4 is 5.32 Å². The Morgan fingerprint density at radius 2 is 2.05 bits per heavy atom. The summed E-state index contributed by atoms with van der Waals surface area (Å²) in [5.41, 5.74) is 1.45. The first-order chi connectivity index (χ1) is 9.74. The first-order valence-electron chi connectivity index (χ1n) is 8.23. The van der Waals surface area contributed by atoms with Gasteiger partial charge in [-0.25, -0.2) is 0 Å². The molecule has 0 aromatic heterocycles. The van der Waals surface area contributed by atoms with Crippen molar-refractivity contribution in [3.05, 3.63) is 35.9 Å². The first-order valence-corrected chi connectivity index (χ1v) is 8.23. The summed E-state index contributed by atoms with van der Waals surface area (Å²) in [6, 6.07) is 11.5. The summed E-state index contributed by atoms with van der Waals surface area (Å²) in [6.07, 6.45) is 5.14. The van der Waals surface area contributed by atoms with Gasteiger partial charge < -0.3 is 10.2 Å². The summed E-state index contributed by atoms with van der Waals surface area (Å²) in [4.78, 5) is 2.66. The van der Waals surface area contributed by atoms with Crippen molar-refractivity contribution in [2.45, 2.75) is 45.6 Å². The lowest BCUT2D eigenvalue weighted by Gasteiger charge is -2.24. The van der Waals surface area contributed by atoms with Gasteiger partial charge in [0.25, 0.3) is 0 Å². The minimum atomic E-state index is 0.610. The fraction of sp³-hybridized carbons (Fsp3) is 0.667. The monoisotopic (exact) mass is 274 g/mol. The van der Waals surface area contributed by atoms with Crippen LogP contribution in [0.25, 0.3) is 0 Å². The minimum absolute atomic E-state index is 0.610. The molecule has 0 radical (unpaired) electrons. The lowest BCUT2D eigenvalue weighted by molar-refractivity contribution is 0.257. The highest BCUT2D eigenvalue weighted by molar-refractivity contribution is 5.16. The molecule has 1 aromatic carbocycles. The van der Waals surface area contributed by atoms with E-state index in [1.165, 1.54) is 44.5 Å². The zero-order valence-corrected chi connectivity index (χ0v) is 13.1. The molecule has 0 bridgehead atoms. The summed E-state index contributed by atoms with van der Waals surface area (Å²) < 4.78 is 0. The third-order valence-electron chi connectivity index (χ3n) is 4.14. The fourth-order valence-electron chi connectivity index (χ4n) is 3.04. The zero-order valence-electron chi connectivity index (χ0n) is 13.1. The second-order valence-electron chi connectivity index (χ2n) is 6.53. The molecule has 1 saturated heterocycles. The van der Waals surface area contributed by atoms with Gasteiger partial charge >= 0.3 is 0 Å². The van der Waals surface area contributed by atoms with E-state index in [0.717, 1.165) is 18.9 Å². The van der Waals surface area contributed by atoms with E-state index in [1.54, 1.807) is 0 Å². The molecule has 1 heterocycles. The predicted octanol–water partition coefficient (Wildman–Crippen LogP) is 3.33. The third kappa shape index (κ3) is 5.64. The molecule has 1 unspecified atom stereocenters. The average Bonchev–Trinajstić information content (AvgIpc) is 2.65. The number of hydrogen-bond acceptors (Lipinski definition) is 2. The molecule has 1 aromatic rings. The van der Waals surface area contributed by atoms with Crippen molar-refractivity contribution < 1.29 is 0 Å². The zero-order chi connectivity index (χ0) is 14.2. The lowest BCUT2D eigenvalue weighted by Crippen LogP contribution is -2.39. The van der Waals surface area contributed by atoms with Gasteiger partial charge in [0, 0.05) is 12.6 Å². The van der Waals surface area contributed by atoms with Gasteiger partial charge in [-0.1, -0.05) is 44.2 Å². The van der Waals surface area contributed by atoms with Crippen molar-refractivity contribution in [1.29, 1.82) is 0 Å². The second-order valence-corrected chi connectivity index (χ2v) is 6.53. The molecule has 0 spiro atoms. The normalized spacial score (nSPS) is 21.1. The number of nitrogens with one attached hydrogen (secondary N) is 1. The average molecular weight is 274 g/mol. The first kappa shape index (κ1) is 15.5. The molecule has 2 heteroatoms. The number of benzene rings is 1. The van der Waals surface area contributed by atoms with Crippen LogP contribution in [0.4, 0.5) is 0 Å². The summed E-state index contributed by atoms with van der Waals surface area (Å²) in [5, 5.41) is 3.72. The van der Waals surface area contributed by atoms with Gasteiger partial charge in [0.15, 0.2) is 0 Å². The van der Waals surface area contributed by atoms with Gasteiger partial charge in [-0.05, 0) is 56.8 Å². The number of rotatable bonds is 6. The van der Waals surface area contributed by atoms with Crippen LogP contribution in [0.3, 0.4) is 0 Å². The lowest BCUT2D eigenvalue weighted by atomic mass is 10.1. The van der Waals surface area contributed by atoms with Crippen LogP contribution >= 0.6 is 0 Å². The molecule has 1 aliphatic heterocycles. The highest BCUT2D eigenvalue weighted by atomic mass is 15.2. The maximum absolute atomic E-state index is 3.72. The molecule has 1 fully saturated rings. The van der Waals surface area contributed by atoms with E-state index in [-0.39, 0.29) is 0 Å². The molecule has 112 valence electrons. The van der Waals surface area contributed by atoms with Crippen molar-refractivity contribution in [3.8, 4) is 0 Å². The van der Waals surface area contributed by atoms with E-state index in [4.69, 9.17) is 0 Å². The van der Waals surface area contributed by atoms with E-state index in [2.05, 4.69) is 54.4 Å². The van der Waals surface area contributed by atoms with Gasteiger partial charge in [0.1, 0.15) is 0 Å². The minimum Gasteiger partial charge on any atom is -0.312 e. The van der Waals surface area contributed by atoms with Crippen molar-refractivity contribution >= 4 is 0 Å². The Kier molecular flexibility index (Phi) is 6.55. The van der Waals surface area contributed by atoms with Crippen molar-refractivity contribution in [2.75, 3.05) is 26.2 Å². The van der Waals surface area contributed by atoms with E-state index in [1.807, 2.05) is 0 Å². The summed E-state index contributed by atoms with van der Waals surface area (Å²) in [6.45, 7) is 9.54. The Hall–Kier alpha value is -0.860. The third-order valence-corrected chi connectivity index (χ3v) is 4.14. The number of nitrogens with zero attached hydrogens (tertiary/aromatic N) is 1. The van der Waals surface area contributed by atoms with E-state index >= 15 is 0 Å².